The Bertz CT molecular complexity index is 637. The summed E-state index contributed by atoms with van der Waals surface area (Å²) in [6, 6.07) is 7.05. The molecule has 118 valence electrons. The van der Waals surface area contributed by atoms with Crippen LogP contribution in [0.1, 0.15) is 25.2 Å². The molecule has 0 atom stereocenters. The summed E-state index contributed by atoms with van der Waals surface area (Å²) in [5.41, 5.74) is 0.961. The molecule has 0 saturated heterocycles. The van der Waals surface area contributed by atoms with Gasteiger partial charge in [0.15, 0.2) is 0 Å². The molecule has 0 radical (unpaired) electrons. The van der Waals surface area contributed by atoms with Crippen LogP contribution in [0.5, 0.6) is 0 Å². The third-order valence-corrected chi connectivity index (χ3v) is 3.03. The van der Waals surface area contributed by atoms with E-state index in [1.807, 2.05) is 25.1 Å². The summed E-state index contributed by atoms with van der Waals surface area (Å²) in [7, 11) is 0. The molecule has 2 amide bonds. The highest BCUT2D eigenvalue weighted by Gasteiger charge is 2.20. The minimum absolute atomic E-state index is 0.146. The quantitative estimate of drug-likeness (QED) is 0.781. The molecule has 0 unspecified atom stereocenters. The zero-order valence-electron chi connectivity index (χ0n) is 13.0. The van der Waals surface area contributed by atoms with Gasteiger partial charge in [0, 0.05) is 12.3 Å². The number of nitrogens with one attached hydrogen (secondary N) is 2. The van der Waals surface area contributed by atoms with Crippen molar-refractivity contribution >= 4 is 11.8 Å². The van der Waals surface area contributed by atoms with Crippen molar-refractivity contribution in [3.63, 3.8) is 0 Å². The summed E-state index contributed by atoms with van der Waals surface area (Å²) in [6.07, 6.45) is 1.72. The van der Waals surface area contributed by atoms with Gasteiger partial charge in [-0.1, -0.05) is 6.07 Å². The van der Waals surface area contributed by atoms with Crippen LogP contribution in [0.3, 0.4) is 0 Å². The lowest BCUT2D eigenvalue weighted by atomic mass is 10.1. The number of hydrogen-bond acceptors (Lipinski definition) is 4. The predicted molar refractivity (Wildman–Crippen MR) is 83.6 cm³/mol. The molecule has 7 heteroatoms. The summed E-state index contributed by atoms with van der Waals surface area (Å²) in [5.74, 6) is 0.578. The van der Waals surface area contributed by atoms with Crippen molar-refractivity contribution in [2.24, 2.45) is 0 Å². The van der Waals surface area contributed by atoms with Crippen molar-refractivity contribution in [1.29, 1.82) is 0 Å². The number of hydrogen-bond donors (Lipinski definition) is 3. The standard InChI is InChI=1S/C15H21N5O2/c1-11-8-13(17-14(22)18-15(2,3)10-21)20(19-11)9-12-6-4-5-7-16-12/h4-8,21H,9-10H2,1-3H3,(H2,17,18,22). The SMILES string of the molecule is Cc1cc(NC(=O)NC(C)(C)CO)n(Cc2ccccn2)n1. The number of urea groups is 1. The van der Waals surface area contributed by atoms with Gasteiger partial charge in [-0.2, -0.15) is 5.10 Å². The number of carbonyl (C=O) groups is 1. The normalized spacial score (nSPS) is 11.3. The van der Waals surface area contributed by atoms with Crippen molar-refractivity contribution in [2.75, 3.05) is 11.9 Å². The maximum atomic E-state index is 12.0. The molecule has 0 fully saturated rings. The first-order valence-electron chi connectivity index (χ1n) is 7.04. The van der Waals surface area contributed by atoms with Crippen LogP contribution in [0.2, 0.25) is 0 Å². The first-order chi connectivity index (χ1) is 10.4. The van der Waals surface area contributed by atoms with E-state index in [0.717, 1.165) is 11.4 Å². The molecule has 3 N–H and O–H groups in total. The highest BCUT2D eigenvalue weighted by atomic mass is 16.3. The van der Waals surface area contributed by atoms with E-state index in [2.05, 4.69) is 20.7 Å². The van der Waals surface area contributed by atoms with Crippen LogP contribution in [0.15, 0.2) is 30.5 Å². The number of aliphatic hydroxyl groups is 1. The van der Waals surface area contributed by atoms with E-state index in [0.29, 0.717) is 12.4 Å². The van der Waals surface area contributed by atoms with Crippen molar-refractivity contribution in [3.05, 3.63) is 41.9 Å². The molecule has 0 aliphatic rings. The Morgan fingerprint density at radius 1 is 1.41 bits per heavy atom. The third kappa shape index (κ3) is 4.29. The Morgan fingerprint density at radius 3 is 2.82 bits per heavy atom. The number of amides is 2. The van der Waals surface area contributed by atoms with Crippen LogP contribution in [0.25, 0.3) is 0 Å². The molecule has 0 saturated carbocycles. The minimum atomic E-state index is -0.690. The van der Waals surface area contributed by atoms with Gasteiger partial charge in [0.2, 0.25) is 0 Å². The van der Waals surface area contributed by atoms with E-state index in [9.17, 15) is 9.90 Å². The lowest BCUT2D eigenvalue weighted by Crippen LogP contribution is -2.48. The number of aryl methyl sites for hydroxylation is 1. The molecule has 22 heavy (non-hydrogen) atoms. The van der Waals surface area contributed by atoms with Crippen LogP contribution in [-0.4, -0.2) is 38.0 Å². The lowest BCUT2D eigenvalue weighted by molar-refractivity contribution is 0.187. The Balaban J connectivity index is 2.10. The molecule has 2 aromatic heterocycles. The van der Waals surface area contributed by atoms with E-state index in [1.54, 1.807) is 30.8 Å². The van der Waals surface area contributed by atoms with Gasteiger partial charge >= 0.3 is 6.03 Å². The van der Waals surface area contributed by atoms with E-state index in [1.165, 1.54) is 0 Å². The lowest BCUT2D eigenvalue weighted by Gasteiger charge is -2.23. The summed E-state index contributed by atoms with van der Waals surface area (Å²) < 4.78 is 1.68. The van der Waals surface area contributed by atoms with Crippen LogP contribution in [0.4, 0.5) is 10.6 Å². The molecule has 0 spiro atoms. The molecule has 0 aromatic carbocycles. The van der Waals surface area contributed by atoms with Crippen LogP contribution in [0, 0.1) is 6.92 Å². The predicted octanol–water partition coefficient (Wildman–Crippen LogP) is 1.53. The first kappa shape index (κ1) is 16.0. The average molecular weight is 303 g/mol. The zero-order chi connectivity index (χ0) is 16.2. The molecule has 7 nitrogen and oxygen atoms in total. The van der Waals surface area contributed by atoms with Crippen LogP contribution >= 0.6 is 0 Å². The molecular weight excluding hydrogens is 282 g/mol. The van der Waals surface area contributed by atoms with E-state index >= 15 is 0 Å². The molecule has 0 aliphatic heterocycles. The number of carbonyl (C=O) groups excluding carboxylic acids is 1. The molecule has 2 heterocycles. The van der Waals surface area contributed by atoms with Gasteiger partial charge in [0.25, 0.3) is 0 Å². The number of pyridine rings is 1. The fraction of sp³-hybridized carbons (Fsp3) is 0.400. The number of nitrogens with zero attached hydrogens (tertiary/aromatic N) is 3. The minimum Gasteiger partial charge on any atom is -0.394 e. The molecule has 0 bridgehead atoms. The summed E-state index contributed by atoms with van der Waals surface area (Å²) >= 11 is 0. The fourth-order valence-corrected chi connectivity index (χ4v) is 1.91. The second-order valence-electron chi connectivity index (χ2n) is 5.77. The van der Waals surface area contributed by atoms with E-state index in [4.69, 9.17) is 0 Å². The topological polar surface area (TPSA) is 92.1 Å². The number of anilines is 1. The fourth-order valence-electron chi connectivity index (χ4n) is 1.91. The van der Waals surface area contributed by atoms with Crippen molar-refractivity contribution in [1.82, 2.24) is 20.1 Å². The monoisotopic (exact) mass is 303 g/mol. The van der Waals surface area contributed by atoms with Crippen molar-refractivity contribution in [3.8, 4) is 0 Å². The Hall–Kier alpha value is -2.41. The van der Waals surface area contributed by atoms with Gasteiger partial charge < -0.3 is 10.4 Å². The molecule has 2 rings (SSSR count). The van der Waals surface area contributed by atoms with Gasteiger partial charge in [-0.15, -0.1) is 0 Å². The van der Waals surface area contributed by atoms with Gasteiger partial charge in [-0.3, -0.25) is 10.3 Å². The summed E-state index contributed by atoms with van der Waals surface area (Å²) in [4.78, 5) is 16.3. The van der Waals surface area contributed by atoms with Crippen molar-refractivity contribution < 1.29 is 9.90 Å². The highest BCUT2D eigenvalue weighted by Crippen LogP contribution is 2.12. The third-order valence-electron chi connectivity index (χ3n) is 3.03. The van der Waals surface area contributed by atoms with Gasteiger partial charge in [0.05, 0.1) is 30.1 Å². The second kappa shape index (κ2) is 6.57. The molecule has 0 aliphatic carbocycles. The molecular formula is C15H21N5O2. The van der Waals surface area contributed by atoms with Gasteiger partial charge in [-0.25, -0.2) is 9.48 Å². The largest absolute Gasteiger partial charge is 0.394 e. The maximum absolute atomic E-state index is 12.0. The molecule has 2 aromatic rings. The number of rotatable bonds is 5. The van der Waals surface area contributed by atoms with Crippen LogP contribution < -0.4 is 10.6 Å². The summed E-state index contributed by atoms with van der Waals surface area (Å²) in [6.45, 7) is 5.65. The Morgan fingerprint density at radius 2 is 2.18 bits per heavy atom. The second-order valence-corrected chi connectivity index (χ2v) is 5.77. The zero-order valence-corrected chi connectivity index (χ0v) is 13.0. The van der Waals surface area contributed by atoms with Crippen LogP contribution in [-0.2, 0) is 6.54 Å². The first-order valence-corrected chi connectivity index (χ1v) is 7.04. The van der Waals surface area contributed by atoms with Crippen molar-refractivity contribution in [2.45, 2.75) is 32.9 Å². The maximum Gasteiger partial charge on any atom is 0.320 e. The average Bonchev–Trinajstić information content (AvgIpc) is 2.79. The highest BCUT2D eigenvalue weighted by molar-refractivity contribution is 5.88. The number of aromatic nitrogens is 3. The van der Waals surface area contributed by atoms with E-state index < -0.39 is 5.54 Å². The van der Waals surface area contributed by atoms with Gasteiger partial charge in [0.1, 0.15) is 5.82 Å². The Kier molecular flexibility index (Phi) is 4.77. The Labute approximate surface area is 129 Å². The van der Waals surface area contributed by atoms with Gasteiger partial charge in [-0.05, 0) is 32.9 Å². The van der Waals surface area contributed by atoms with E-state index in [-0.39, 0.29) is 12.6 Å². The smallest absolute Gasteiger partial charge is 0.320 e. The number of aliphatic hydroxyl groups excluding tert-OH is 1. The summed E-state index contributed by atoms with van der Waals surface area (Å²) in [5, 5.41) is 19.0.